The van der Waals surface area contributed by atoms with Gasteiger partial charge >= 0.3 is 6.09 Å². The fourth-order valence-electron chi connectivity index (χ4n) is 3.77. The number of aromatic nitrogens is 1. The minimum absolute atomic E-state index is 0.142. The molecule has 196 valence electrons. The Morgan fingerprint density at radius 2 is 2.00 bits per heavy atom. The van der Waals surface area contributed by atoms with Crippen LogP contribution < -0.4 is 16.0 Å². The molecular weight excluding hydrogens is 526 g/mol. The van der Waals surface area contributed by atoms with E-state index in [9.17, 15) is 14.4 Å². The van der Waals surface area contributed by atoms with Crippen molar-refractivity contribution in [2.75, 3.05) is 0 Å². The number of carbonyl (C=O) groups is 3. The quantitative estimate of drug-likeness (QED) is 0.316. The monoisotopic (exact) mass is 551 g/mol. The number of rotatable bonds is 6. The fourth-order valence-corrected chi connectivity index (χ4v) is 4.76. The van der Waals surface area contributed by atoms with Gasteiger partial charge in [-0.15, -0.1) is 0 Å². The molecule has 1 aliphatic rings. The van der Waals surface area contributed by atoms with Gasteiger partial charge in [0.1, 0.15) is 6.04 Å². The van der Waals surface area contributed by atoms with E-state index in [0.717, 1.165) is 16.5 Å². The summed E-state index contributed by atoms with van der Waals surface area (Å²) in [6.07, 6.45) is 2.25. The number of aliphatic imine (C=N–C) groups is 1. The van der Waals surface area contributed by atoms with Gasteiger partial charge in [0, 0.05) is 18.1 Å². The van der Waals surface area contributed by atoms with Crippen LogP contribution in [0.4, 0.5) is 10.5 Å². The van der Waals surface area contributed by atoms with Gasteiger partial charge in [0.05, 0.1) is 21.1 Å². The Morgan fingerprint density at radius 3 is 2.74 bits per heavy atom. The molecule has 0 saturated carbocycles. The summed E-state index contributed by atoms with van der Waals surface area (Å²) in [5.74, 6) is -0.709. The molecule has 4 N–H and O–H groups in total. The van der Waals surface area contributed by atoms with E-state index >= 15 is 0 Å². The lowest BCUT2D eigenvalue weighted by molar-refractivity contribution is -0.125. The molecule has 1 saturated heterocycles. The molecule has 38 heavy (non-hydrogen) atoms. The summed E-state index contributed by atoms with van der Waals surface area (Å²) in [4.78, 5) is 45.7. The van der Waals surface area contributed by atoms with Crippen LogP contribution in [-0.2, 0) is 16.1 Å². The van der Waals surface area contributed by atoms with Gasteiger partial charge in [-0.1, -0.05) is 50.6 Å². The standard InChI is InChI=1S/C27H26ClN5O4S/c1-27(2,3)22(32-26(36)37)24(35)30-14-16-6-8-18(28)20(12-16)31-25-33-23(34)21(38-25)13-15-7-9-19-17(11-15)5-4-10-29-19/h4-13,22,32H,14H2,1-3H3,(H,30,35)(H,36,37)(H,31,33,34)/b21-13-. The van der Waals surface area contributed by atoms with Crippen LogP contribution in [-0.4, -0.2) is 39.2 Å². The summed E-state index contributed by atoms with van der Waals surface area (Å²) >= 11 is 7.55. The highest BCUT2D eigenvalue weighted by Crippen LogP contribution is 2.32. The minimum Gasteiger partial charge on any atom is -0.465 e. The van der Waals surface area contributed by atoms with Gasteiger partial charge in [0.25, 0.3) is 5.91 Å². The highest BCUT2D eigenvalue weighted by atomic mass is 35.5. The van der Waals surface area contributed by atoms with E-state index in [1.165, 1.54) is 11.8 Å². The number of amides is 3. The molecule has 0 radical (unpaired) electrons. The normalized spacial score (nSPS) is 16.5. The van der Waals surface area contributed by atoms with E-state index in [1.54, 1.807) is 51.2 Å². The smallest absolute Gasteiger partial charge is 0.405 e. The van der Waals surface area contributed by atoms with Gasteiger partial charge in [-0.25, -0.2) is 9.79 Å². The molecule has 1 aromatic heterocycles. The third kappa shape index (κ3) is 6.70. The average Bonchev–Trinajstić information content (AvgIpc) is 3.20. The summed E-state index contributed by atoms with van der Waals surface area (Å²) in [5.41, 5.74) is 2.26. The van der Waals surface area contributed by atoms with Crippen LogP contribution in [0.3, 0.4) is 0 Å². The zero-order valence-electron chi connectivity index (χ0n) is 20.9. The van der Waals surface area contributed by atoms with Gasteiger partial charge in [-0.3, -0.25) is 14.6 Å². The largest absolute Gasteiger partial charge is 0.465 e. The number of fused-ring (bicyclic) bond motifs is 1. The van der Waals surface area contributed by atoms with E-state index in [-0.39, 0.29) is 12.5 Å². The van der Waals surface area contributed by atoms with Crippen molar-refractivity contribution in [3.63, 3.8) is 0 Å². The second kappa shape index (κ2) is 11.2. The molecule has 3 aromatic rings. The number of benzene rings is 2. The maximum atomic E-state index is 12.7. The number of thioether (sulfide) groups is 1. The molecule has 9 nitrogen and oxygen atoms in total. The maximum absolute atomic E-state index is 12.7. The molecular formula is C27H26ClN5O4S. The number of halogens is 1. The van der Waals surface area contributed by atoms with Crippen molar-refractivity contribution in [3.8, 4) is 0 Å². The van der Waals surface area contributed by atoms with Crippen molar-refractivity contribution >= 4 is 69.1 Å². The first kappa shape index (κ1) is 27.2. The van der Waals surface area contributed by atoms with Gasteiger partial charge in [0.2, 0.25) is 5.91 Å². The van der Waals surface area contributed by atoms with Crippen molar-refractivity contribution in [3.05, 3.63) is 75.8 Å². The molecule has 2 heterocycles. The van der Waals surface area contributed by atoms with Crippen LogP contribution in [0, 0.1) is 5.41 Å². The number of carbonyl (C=O) groups excluding carboxylic acids is 2. The Balaban J connectivity index is 1.48. The minimum atomic E-state index is -1.27. The fraction of sp³-hybridized carbons (Fsp3) is 0.222. The van der Waals surface area contributed by atoms with E-state index in [4.69, 9.17) is 16.7 Å². The van der Waals surface area contributed by atoms with Gasteiger partial charge < -0.3 is 21.1 Å². The number of nitrogens with one attached hydrogen (secondary N) is 3. The lowest BCUT2D eigenvalue weighted by Crippen LogP contribution is -2.53. The number of hydrogen-bond donors (Lipinski definition) is 4. The van der Waals surface area contributed by atoms with Crippen LogP contribution in [0.25, 0.3) is 17.0 Å². The number of amidine groups is 1. The first-order valence-electron chi connectivity index (χ1n) is 11.7. The molecule has 1 aliphatic heterocycles. The Hall–Kier alpha value is -3.89. The second-order valence-electron chi connectivity index (χ2n) is 9.69. The molecule has 1 unspecified atom stereocenters. The summed E-state index contributed by atoms with van der Waals surface area (Å²) in [6.45, 7) is 5.47. The Labute approximate surface area is 228 Å². The second-order valence-corrected chi connectivity index (χ2v) is 11.1. The van der Waals surface area contributed by atoms with E-state index < -0.39 is 23.5 Å². The Kier molecular flexibility index (Phi) is 8.03. The zero-order chi connectivity index (χ0) is 27.4. The summed E-state index contributed by atoms with van der Waals surface area (Å²) in [5, 5.41) is 18.6. The highest BCUT2D eigenvalue weighted by Gasteiger charge is 2.32. The lowest BCUT2D eigenvalue weighted by Gasteiger charge is -2.29. The van der Waals surface area contributed by atoms with Crippen LogP contribution >= 0.6 is 23.4 Å². The van der Waals surface area contributed by atoms with Crippen molar-refractivity contribution < 1.29 is 19.5 Å². The number of nitrogens with zero attached hydrogens (tertiary/aromatic N) is 2. The van der Waals surface area contributed by atoms with E-state index in [1.807, 2.05) is 30.3 Å². The van der Waals surface area contributed by atoms with Crippen LogP contribution in [0.15, 0.2) is 64.6 Å². The Bertz CT molecular complexity index is 1480. The first-order valence-corrected chi connectivity index (χ1v) is 12.9. The Morgan fingerprint density at radius 1 is 1.21 bits per heavy atom. The molecule has 4 rings (SSSR count). The van der Waals surface area contributed by atoms with Crippen LogP contribution in [0.1, 0.15) is 31.9 Å². The molecule has 0 bridgehead atoms. The number of hydrogen-bond acceptors (Lipinski definition) is 6. The van der Waals surface area contributed by atoms with Crippen molar-refractivity contribution in [1.82, 2.24) is 20.9 Å². The van der Waals surface area contributed by atoms with Crippen molar-refractivity contribution in [2.45, 2.75) is 33.4 Å². The van der Waals surface area contributed by atoms with E-state index in [2.05, 4.69) is 25.9 Å². The van der Waals surface area contributed by atoms with Gasteiger partial charge in [0.15, 0.2) is 5.17 Å². The molecule has 2 aromatic carbocycles. The number of pyridine rings is 1. The molecule has 1 atom stereocenters. The molecule has 0 spiro atoms. The van der Waals surface area contributed by atoms with E-state index in [0.29, 0.717) is 26.3 Å². The maximum Gasteiger partial charge on any atom is 0.405 e. The zero-order valence-corrected chi connectivity index (χ0v) is 22.5. The average molecular weight is 552 g/mol. The lowest BCUT2D eigenvalue weighted by atomic mass is 9.86. The molecule has 3 amide bonds. The molecule has 11 heteroatoms. The van der Waals surface area contributed by atoms with Gasteiger partial charge in [-0.2, -0.15) is 0 Å². The summed E-state index contributed by atoms with van der Waals surface area (Å²) in [6, 6.07) is 13.8. The van der Waals surface area contributed by atoms with Crippen LogP contribution in [0.2, 0.25) is 5.02 Å². The van der Waals surface area contributed by atoms with Gasteiger partial charge in [-0.05, 0) is 64.7 Å². The first-order chi connectivity index (χ1) is 18.0. The summed E-state index contributed by atoms with van der Waals surface area (Å²) < 4.78 is 0. The van der Waals surface area contributed by atoms with Crippen molar-refractivity contribution in [2.24, 2.45) is 10.4 Å². The topological polar surface area (TPSA) is 133 Å². The molecule has 1 fully saturated rings. The van der Waals surface area contributed by atoms with Crippen molar-refractivity contribution in [1.29, 1.82) is 0 Å². The summed E-state index contributed by atoms with van der Waals surface area (Å²) in [7, 11) is 0. The predicted molar refractivity (Wildman–Crippen MR) is 150 cm³/mol. The highest BCUT2D eigenvalue weighted by molar-refractivity contribution is 8.18. The predicted octanol–water partition coefficient (Wildman–Crippen LogP) is 5.08. The third-order valence-corrected chi connectivity index (χ3v) is 6.90. The molecule has 0 aliphatic carbocycles. The third-order valence-electron chi connectivity index (χ3n) is 5.67. The SMILES string of the molecule is CC(C)(C)C(NC(=O)O)C(=O)NCc1ccc(Cl)c(N=C2NC(=O)/C(=C/c3ccc4ncccc4c3)S2)c1. The number of carboxylic acid groups (broad SMARTS) is 1. The van der Waals surface area contributed by atoms with Crippen LogP contribution in [0.5, 0.6) is 0 Å².